The number of rotatable bonds is 4. The van der Waals surface area contributed by atoms with Gasteiger partial charge in [-0.15, -0.1) is 0 Å². The number of carbonyl (C=O) groups excluding carboxylic acids is 2. The second-order valence-electron chi connectivity index (χ2n) is 7.02. The lowest BCUT2D eigenvalue weighted by Crippen LogP contribution is -2.55. The van der Waals surface area contributed by atoms with Crippen LogP contribution in [0.4, 0.5) is 0 Å². The predicted molar refractivity (Wildman–Crippen MR) is 92.0 cm³/mol. The van der Waals surface area contributed by atoms with Crippen LogP contribution in [0.2, 0.25) is 0 Å². The molecule has 1 aromatic rings. The first-order valence-corrected chi connectivity index (χ1v) is 8.80. The summed E-state index contributed by atoms with van der Waals surface area (Å²) in [6.45, 7) is 1.26. The minimum atomic E-state index is -0.660. The first kappa shape index (κ1) is 17.0. The van der Waals surface area contributed by atoms with Crippen molar-refractivity contribution in [3.05, 3.63) is 29.8 Å². The van der Waals surface area contributed by atoms with Crippen molar-refractivity contribution in [2.75, 3.05) is 20.2 Å². The molecule has 1 heterocycles. The van der Waals surface area contributed by atoms with E-state index in [2.05, 4.69) is 0 Å². The highest BCUT2D eigenvalue weighted by Crippen LogP contribution is 2.31. The molecular formula is C19H26N2O3. The van der Waals surface area contributed by atoms with E-state index in [1.54, 1.807) is 7.11 Å². The van der Waals surface area contributed by atoms with E-state index in [0.29, 0.717) is 31.5 Å². The van der Waals surface area contributed by atoms with Gasteiger partial charge in [-0.3, -0.25) is 9.59 Å². The Bertz CT molecular complexity index is 598. The minimum absolute atomic E-state index is 0.0141. The number of Topliss-reactive ketones (excluding diaryl/α,β-unsaturated/α-hetero) is 1. The molecule has 5 heteroatoms. The number of ketones is 1. The molecule has 0 radical (unpaired) electrons. The average molecular weight is 330 g/mol. The lowest BCUT2D eigenvalue weighted by Gasteiger charge is -2.36. The molecule has 5 nitrogen and oxygen atoms in total. The van der Waals surface area contributed by atoms with Gasteiger partial charge in [0.25, 0.3) is 0 Å². The van der Waals surface area contributed by atoms with Gasteiger partial charge < -0.3 is 15.4 Å². The van der Waals surface area contributed by atoms with E-state index in [-0.39, 0.29) is 17.6 Å². The van der Waals surface area contributed by atoms with Gasteiger partial charge in [0.1, 0.15) is 5.75 Å². The van der Waals surface area contributed by atoms with Crippen molar-refractivity contribution in [3.8, 4) is 5.75 Å². The van der Waals surface area contributed by atoms with E-state index in [0.717, 1.165) is 31.4 Å². The maximum absolute atomic E-state index is 12.6. The molecule has 0 spiro atoms. The molecular weight excluding hydrogens is 304 g/mol. The van der Waals surface area contributed by atoms with E-state index in [1.165, 1.54) is 0 Å². The van der Waals surface area contributed by atoms with Crippen LogP contribution in [-0.4, -0.2) is 42.3 Å². The Morgan fingerprint density at radius 2 is 1.71 bits per heavy atom. The number of hydrogen-bond donors (Lipinski definition) is 1. The van der Waals surface area contributed by atoms with Crippen LogP contribution >= 0.6 is 0 Å². The van der Waals surface area contributed by atoms with Gasteiger partial charge in [-0.05, 0) is 49.9 Å². The third-order valence-corrected chi connectivity index (χ3v) is 5.45. The number of nitrogens with two attached hydrogens (primary N) is 1. The molecule has 0 unspecified atom stereocenters. The predicted octanol–water partition coefficient (Wildman–Crippen LogP) is 2.39. The summed E-state index contributed by atoms with van der Waals surface area (Å²) < 4.78 is 5.13. The van der Waals surface area contributed by atoms with Gasteiger partial charge in [-0.2, -0.15) is 0 Å². The zero-order valence-electron chi connectivity index (χ0n) is 14.3. The molecule has 130 valence electrons. The van der Waals surface area contributed by atoms with Crippen LogP contribution in [0.3, 0.4) is 0 Å². The van der Waals surface area contributed by atoms with E-state index in [9.17, 15) is 9.59 Å². The molecule has 2 aliphatic rings. The Morgan fingerprint density at radius 1 is 1.12 bits per heavy atom. The molecule has 2 fully saturated rings. The van der Waals surface area contributed by atoms with Crippen LogP contribution in [0, 0.1) is 5.92 Å². The number of nitrogens with zero attached hydrogens (tertiary/aromatic N) is 1. The summed E-state index contributed by atoms with van der Waals surface area (Å²) in [5.41, 5.74) is 6.33. The summed E-state index contributed by atoms with van der Waals surface area (Å²) in [5, 5.41) is 0. The molecule has 1 saturated heterocycles. The normalized spacial score (nSPS) is 20.8. The van der Waals surface area contributed by atoms with Crippen molar-refractivity contribution in [2.24, 2.45) is 11.7 Å². The highest BCUT2D eigenvalue weighted by molar-refractivity contribution is 5.98. The van der Waals surface area contributed by atoms with Crippen LogP contribution < -0.4 is 10.5 Å². The Balaban J connectivity index is 1.58. The van der Waals surface area contributed by atoms with Crippen molar-refractivity contribution >= 4 is 11.7 Å². The number of carbonyl (C=O) groups is 2. The molecule has 0 atom stereocenters. The molecule has 24 heavy (non-hydrogen) atoms. The average Bonchev–Trinajstić information content (AvgIpc) is 3.08. The van der Waals surface area contributed by atoms with Crippen molar-refractivity contribution in [3.63, 3.8) is 0 Å². The number of ether oxygens (including phenoxy) is 1. The molecule has 3 rings (SSSR count). The second-order valence-corrected chi connectivity index (χ2v) is 7.02. The van der Waals surface area contributed by atoms with Gasteiger partial charge >= 0.3 is 0 Å². The maximum atomic E-state index is 12.6. The van der Waals surface area contributed by atoms with Gasteiger partial charge in [0.2, 0.25) is 5.91 Å². The number of methoxy groups -OCH3 is 1. The number of benzene rings is 1. The summed E-state index contributed by atoms with van der Waals surface area (Å²) in [4.78, 5) is 27.1. The first-order valence-electron chi connectivity index (χ1n) is 8.80. The van der Waals surface area contributed by atoms with Gasteiger partial charge in [-0.1, -0.05) is 12.8 Å². The summed E-state index contributed by atoms with van der Waals surface area (Å²) in [6.07, 6.45) is 5.08. The fraction of sp³-hybridized carbons (Fsp3) is 0.579. The maximum Gasteiger partial charge on any atom is 0.242 e. The lowest BCUT2D eigenvalue weighted by molar-refractivity contribution is -0.138. The fourth-order valence-corrected chi connectivity index (χ4v) is 3.87. The van der Waals surface area contributed by atoms with Crippen molar-refractivity contribution in [1.29, 1.82) is 0 Å². The summed E-state index contributed by atoms with van der Waals surface area (Å²) in [6, 6.07) is 7.24. The number of piperidine rings is 1. The quantitative estimate of drug-likeness (QED) is 0.860. The third kappa shape index (κ3) is 3.31. The summed E-state index contributed by atoms with van der Waals surface area (Å²) >= 11 is 0. The van der Waals surface area contributed by atoms with E-state index in [1.807, 2.05) is 29.2 Å². The Morgan fingerprint density at radius 3 is 2.25 bits per heavy atom. The number of amides is 1. The van der Waals surface area contributed by atoms with Crippen LogP contribution in [-0.2, 0) is 4.79 Å². The molecule has 1 aliphatic heterocycles. The van der Waals surface area contributed by atoms with Crippen LogP contribution in [0.15, 0.2) is 24.3 Å². The first-order chi connectivity index (χ1) is 11.5. The molecule has 1 amide bonds. The number of hydrogen-bond acceptors (Lipinski definition) is 4. The van der Waals surface area contributed by atoms with Gasteiger partial charge in [0.05, 0.1) is 12.6 Å². The van der Waals surface area contributed by atoms with Crippen molar-refractivity contribution in [1.82, 2.24) is 4.90 Å². The second kappa shape index (κ2) is 6.93. The topological polar surface area (TPSA) is 72.6 Å². The molecule has 0 bridgehead atoms. The minimum Gasteiger partial charge on any atom is -0.497 e. The van der Waals surface area contributed by atoms with Crippen LogP contribution in [0.25, 0.3) is 0 Å². The van der Waals surface area contributed by atoms with Crippen molar-refractivity contribution < 1.29 is 14.3 Å². The van der Waals surface area contributed by atoms with Crippen molar-refractivity contribution in [2.45, 2.75) is 44.1 Å². The van der Waals surface area contributed by atoms with E-state index < -0.39 is 5.54 Å². The zero-order valence-corrected chi connectivity index (χ0v) is 14.3. The smallest absolute Gasteiger partial charge is 0.242 e. The molecule has 1 aliphatic carbocycles. The lowest BCUT2D eigenvalue weighted by atomic mass is 9.87. The van der Waals surface area contributed by atoms with E-state index >= 15 is 0 Å². The standard InChI is InChI=1S/C19H26N2O3/c1-24-16-6-4-14(5-7-16)17(22)15-8-12-21(13-9-15)18(23)19(20)10-2-3-11-19/h4-7,15H,2-3,8-13,20H2,1H3. The zero-order chi connectivity index (χ0) is 17.2. The van der Waals surface area contributed by atoms with Gasteiger partial charge in [0, 0.05) is 24.6 Å². The summed E-state index contributed by atoms with van der Waals surface area (Å²) in [7, 11) is 1.61. The molecule has 0 aromatic heterocycles. The molecule has 1 aromatic carbocycles. The highest BCUT2D eigenvalue weighted by atomic mass is 16.5. The van der Waals surface area contributed by atoms with Gasteiger partial charge in [0.15, 0.2) is 5.78 Å². The Hall–Kier alpha value is -1.88. The highest BCUT2D eigenvalue weighted by Gasteiger charge is 2.41. The molecule has 2 N–H and O–H groups in total. The fourth-order valence-electron chi connectivity index (χ4n) is 3.87. The van der Waals surface area contributed by atoms with Crippen LogP contribution in [0.1, 0.15) is 48.9 Å². The Kier molecular flexibility index (Phi) is 4.90. The van der Waals surface area contributed by atoms with Crippen LogP contribution in [0.5, 0.6) is 5.75 Å². The monoisotopic (exact) mass is 330 g/mol. The Labute approximate surface area is 143 Å². The summed E-state index contributed by atoms with van der Waals surface area (Å²) in [5.74, 6) is 0.972. The number of likely N-dealkylation sites (tertiary alicyclic amines) is 1. The SMILES string of the molecule is COc1ccc(C(=O)C2CCN(C(=O)C3(N)CCCC3)CC2)cc1. The third-order valence-electron chi connectivity index (χ3n) is 5.45. The molecule has 1 saturated carbocycles. The largest absolute Gasteiger partial charge is 0.497 e. The van der Waals surface area contributed by atoms with E-state index in [4.69, 9.17) is 10.5 Å². The van der Waals surface area contributed by atoms with Gasteiger partial charge in [-0.25, -0.2) is 0 Å².